The second-order valence-corrected chi connectivity index (χ2v) is 8.75. The lowest BCUT2D eigenvalue weighted by molar-refractivity contribution is -0.137. The van der Waals surface area contributed by atoms with E-state index in [0.717, 1.165) is 5.56 Å². The number of hydrogen-bond donors (Lipinski definition) is 4. The van der Waals surface area contributed by atoms with Crippen LogP contribution in [0.5, 0.6) is 0 Å². The van der Waals surface area contributed by atoms with E-state index < -0.39 is 27.6 Å². The van der Waals surface area contributed by atoms with Crippen molar-refractivity contribution < 1.29 is 26.4 Å². The SMILES string of the molecule is NS(=O)(=O)c1cccc(CNc2nc(Nc3cccc4c3NC(=O)C4)ncc2C(F)(F)F)c1. The van der Waals surface area contributed by atoms with Crippen LogP contribution in [0.25, 0.3) is 0 Å². The van der Waals surface area contributed by atoms with Crippen molar-refractivity contribution in [3.8, 4) is 0 Å². The van der Waals surface area contributed by atoms with E-state index in [2.05, 4.69) is 25.9 Å². The monoisotopic (exact) mass is 478 g/mol. The molecule has 13 heteroatoms. The maximum absolute atomic E-state index is 13.5. The molecule has 3 aromatic rings. The molecule has 0 fully saturated rings. The molecule has 0 atom stereocenters. The number of primary sulfonamides is 1. The van der Waals surface area contributed by atoms with Crippen molar-refractivity contribution in [3.05, 3.63) is 65.4 Å². The molecule has 0 unspecified atom stereocenters. The number of nitrogens with one attached hydrogen (secondary N) is 3. The number of nitrogens with zero attached hydrogens (tertiary/aromatic N) is 2. The Morgan fingerprint density at radius 1 is 1.15 bits per heavy atom. The number of carbonyl (C=O) groups excluding carboxylic acids is 1. The molecule has 1 aliphatic heterocycles. The molecule has 0 aliphatic carbocycles. The number of sulfonamides is 1. The Kier molecular flexibility index (Phi) is 5.68. The fourth-order valence-electron chi connectivity index (χ4n) is 3.28. The van der Waals surface area contributed by atoms with Gasteiger partial charge in [0.1, 0.15) is 11.4 Å². The minimum Gasteiger partial charge on any atom is -0.365 e. The summed E-state index contributed by atoms with van der Waals surface area (Å²) in [6.07, 6.45) is -3.89. The molecule has 0 bridgehead atoms. The lowest BCUT2D eigenvalue weighted by Crippen LogP contribution is -2.15. The highest BCUT2D eigenvalue weighted by Gasteiger charge is 2.35. The largest absolute Gasteiger partial charge is 0.421 e. The standard InChI is InChI=1S/C20H17F3N6O3S/c21-20(22,23)14-10-26-19(27-15-6-2-4-12-8-16(30)28-17(12)15)29-18(14)25-9-11-3-1-5-13(7-11)33(24,31)32/h1-7,10H,8-9H2,(H,28,30)(H2,24,31,32)(H2,25,26,27,29). The second-order valence-electron chi connectivity index (χ2n) is 7.19. The maximum atomic E-state index is 13.5. The third kappa shape index (κ3) is 5.04. The molecular formula is C20H17F3N6O3S. The Bertz CT molecular complexity index is 1350. The van der Waals surface area contributed by atoms with E-state index in [1.807, 2.05) is 0 Å². The molecule has 0 saturated carbocycles. The first-order chi connectivity index (χ1) is 15.5. The third-order valence-electron chi connectivity index (χ3n) is 4.79. The van der Waals surface area contributed by atoms with Crippen molar-refractivity contribution in [2.24, 2.45) is 5.14 Å². The predicted molar refractivity (Wildman–Crippen MR) is 114 cm³/mol. The van der Waals surface area contributed by atoms with Gasteiger partial charge in [0, 0.05) is 12.7 Å². The van der Waals surface area contributed by atoms with Gasteiger partial charge in [-0.3, -0.25) is 4.79 Å². The molecule has 2 heterocycles. The minimum atomic E-state index is -4.73. The van der Waals surface area contributed by atoms with Gasteiger partial charge in [0.15, 0.2) is 0 Å². The normalized spacial score (nSPS) is 13.4. The summed E-state index contributed by atoms with van der Waals surface area (Å²) < 4.78 is 63.5. The van der Waals surface area contributed by atoms with Crippen LogP contribution < -0.4 is 21.1 Å². The lowest BCUT2D eigenvalue weighted by atomic mass is 10.1. The molecule has 0 radical (unpaired) electrons. The molecule has 5 N–H and O–H groups in total. The summed E-state index contributed by atoms with van der Waals surface area (Å²) in [6.45, 7) is -0.153. The number of fused-ring (bicyclic) bond motifs is 1. The third-order valence-corrected chi connectivity index (χ3v) is 5.70. The maximum Gasteiger partial charge on any atom is 0.421 e. The van der Waals surface area contributed by atoms with Gasteiger partial charge in [0.2, 0.25) is 21.9 Å². The average molecular weight is 478 g/mol. The first-order valence-electron chi connectivity index (χ1n) is 9.49. The van der Waals surface area contributed by atoms with E-state index in [1.165, 1.54) is 24.3 Å². The Hall–Kier alpha value is -3.71. The van der Waals surface area contributed by atoms with Crippen molar-refractivity contribution in [2.45, 2.75) is 24.0 Å². The summed E-state index contributed by atoms with van der Waals surface area (Å²) in [4.78, 5) is 19.2. The van der Waals surface area contributed by atoms with Crippen LogP contribution >= 0.6 is 0 Å². The number of para-hydroxylation sites is 1. The molecule has 1 aromatic heterocycles. The molecule has 1 amide bonds. The highest BCUT2D eigenvalue weighted by atomic mass is 32.2. The Morgan fingerprint density at radius 2 is 1.91 bits per heavy atom. The van der Waals surface area contributed by atoms with Crippen molar-refractivity contribution in [2.75, 3.05) is 16.0 Å². The van der Waals surface area contributed by atoms with Crippen molar-refractivity contribution in [3.63, 3.8) is 0 Å². The van der Waals surface area contributed by atoms with Crippen molar-refractivity contribution in [1.82, 2.24) is 9.97 Å². The summed E-state index contributed by atoms with van der Waals surface area (Å²) in [7, 11) is -3.96. The van der Waals surface area contributed by atoms with Gasteiger partial charge in [-0.1, -0.05) is 24.3 Å². The molecule has 2 aromatic carbocycles. The summed E-state index contributed by atoms with van der Waals surface area (Å²) in [5.41, 5.74) is 0.976. The van der Waals surface area contributed by atoms with Gasteiger partial charge < -0.3 is 16.0 Å². The van der Waals surface area contributed by atoms with Crippen LogP contribution in [0.1, 0.15) is 16.7 Å². The number of halogens is 3. The van der Waals surface area contributed by atoms with Crippen LogP contribution in [-0.2, 0) is 34.0 Å². The quantitative estimate of drug-likeness (QED) is 0.427. The van der Waals surface area contributed by atoms with E-state index in [-0.39, 0.29) is 29.7 Å². The van der Waals surface area contributed by atoms with Crippen LogP contribution in [-0.4, -0.2) is 24.3 Å². The summed E-state index contributed by atoms with van der Waals surface area (Å²) in [5.74, 6) is -0.826. The number of rotatable bonds is 6. The van der Waals surface area contributed by atoms with Gasteiger partial charge in [0.25, 0.3) is 0 Å². The Morgan fingerprint density at radius 3 is 2.64 bits per heavy atom. The second kappa shape index (κ2) is 8.33. The molecule has 172 valence electrons. The summed E-state index contributed by atoms with van der Waals surface area (Å²) >= 11 is 0. The first-order valence-corrected chi connectivity index (χ1v) is 11.0. The van der Waals surface area contributed by atoms with E-state index in [4.69, 9.17) is 5.14 Å². The van der Waals surface area contributed by atoms with Crippen molar-refractivity contribution in [1.29, 1.82) is 0 Å². The zero-order valence-electron chi connectivity index (χ0n) is 16.8. The van der Waals surface area contributed by atoms with Crippen LogP contribution in [0.15, 0.2) is 53.6 Å². The van der Waals surface area contributed by atoms with E-state index in [1.54, 1.807) is 18.2 Å². The average Bonchev–Trinajstić information content (AvgIpc) is 3.12. The molecule has 0 spiro atoms. The number of amides is 1. The minimum absolute atomic E-state index is 0.127. The molecule has 9 nitrogen and oxygen atoms in total. The van der Waals surface area contributed by atoms with Crippen LogP contribution in [0.3, 0.4) is 0 Å². The number of anilines is 4. The molecule has 0 saturated heterocycles. The lowest BCUT2D eigenvalue weighted by Gasteiger charge is -2.16. The van der Waals surface area contributed by atoms with Crippen molar-refractivity contribution >= 4 is 39.1 Å². The zero-order valence-corrected chi connectivity index (χ0v) is 17.6. The van der Waals surface area contributed by atoms with Gasteiger partial charge in [-0.05, 0) is 29.3 Å². The Labute approximate surface area is 186 Å². The van der Waals surface area contributed by atoms with Gasteiger partial charge in [-0.15, -0.1) is 0 Å². The van der Waals surface area contributed by atoms with Gasteiger partial charge in [0.05, 0.1) is 22.7 Å². The van der Waals surface area contributed by atoms with Gasteiger partial charge in [-0.25, -0.2) is 18.5 Å². The summed E-state index contributed by atoms with van der Waals surface area (Å²) in [5, 5.41) is 13.2. The molecule has 1 aliphatic rings. The number of benzene rings is 2. The molecule has 33 heavy (non-hydrogen) atoms. The van der Waals surface area contributed by atoms with E-state index in [0.29, 0.717) is 23.1 Å². The fraction of sp³-hybridized carbons (Fsp3) is 0.150. The molecule has 4 rings (SSSR count). The number of hydrogen-bond acceptors (Lipinski definition) is 7. The number of alkyl halides is 3. The Balaban J connectivity index is 1.62. The number of carbonyl (C=O) groups is 1. The van der Waals surface area contributed by atoms with Gasteiger partial charge >= 0.3 is 6.18 Å². The zero-order chi connectivity index (χ0) is 23.8. The molecular weight excluding hydrogens is 461 g/mol. The summed E-state index contributed by atoms with van der Waals surface area (Å²) in [6, 6.07) is 10.6. The highest BCUT2D eigenvalue weighted by Crippen LogP contribution is 2.36. The number of nitrogens with two attached hydrogens (primary N) is 1. The van der Waals surface area contributed by atoms with E-state index in [9.17, 15) is 26.4 Å². The predicted octanol–water partition coefficient (Wildman–Crippen LogP) is 2.99. The number of aromatic nitrogens is 2. The first kappa shape index (κ1) is 22.5. The fourth-order valence-corrected chi connectivity index (χ4v) is 3.86. The van der Waals surface area contributed by atoms with Crippen LogP contribution in [0.4, 0.5) is 36.3 Å². The smallest absolute Gasteiger partial charge is 0.365 e. The van der Waals surface area contributed by atoms with E-state index >= 15 is 0 Å². The van der Waals surface area contributed by atoms with Gasteiger partial charge in [-0.2, -0.15) is 18.2 Å². The van der Waals surface area contributed by atoms with Crippen LogP contribution in [0, 0.1) is 0 Å². The highest BCUT2D eigenvalue weighted by molar-refractivity contribution is 7.89. The topological polar surface area (TPSA) is 139 Å². The van der Waals surface area contributed by atoms with Crippen LogP contribution in [0.2, 0.25) is 0 Å².